The second kappa shape index (κ2) is 10.1. The Hall–Kier alpha value is -2.03. The van der Waals surface area contributed by atoms with E-state index in [-0.39, 0.29) is 35.1 Å². The van der Waals surface area contributed by atoms with Crippen LogP contribution in [0.15, 0.2) is 45.6 Å². The summed E-state index contributed by atoms with van der Waals surface area (Å²) in [6, 6.07) is 0. The molecular formula is C28H40O3. The Bertz CT molecular complexity index is 884. The second-order valence-electron chi connectivity index (χ2n) is 10.6. The molecule has 0 amide bonds. The normalized spacial score (nSPS) is 26.6. The summed E-state index contributed by atoms with van der Waals surface area (Å²) in [4.78, 5) is 38.5. The number of allylic oxidation sites excluding steroid dienone is 8. The highest BCUT2D eigenvalue weighted by Gasteiger charge is 2.42. The van der Waals surface area contributed by atoms with Gasteiger partial charge in [0.25, 0.3) is 0 Å². The number of ketones is 3. The van der Waals surface area contributed by atoms with Crippen molar-refractivity contribution in [3.8, 4) is 0 Å². The van der Waals surface area contributed by atoms with Crippen LogP contribution < -0.4 is 0 Å². The molecule has 2 unspecified atom stereocenters. The van der Waals surface area contributed by atoms with Crippen LogP contribution in [0.5, 0.6) is 0 Å². The van der Waals surface area contributed by atoms with Crippen molar-refractivity contribution in [2.24, 2.45) is 17.3 Å². The maximum atomic E-state index is 13.8. The molecule has 0 N–H and O–H groups in total. The first-order valence-electron chi connectivity index (χ1n) is 11.7. The van der Waals surface area contributed by atoms with E-state index in [1.807, 2.05) is 6.92 Å². The minimum Gasteiger partial charge on any atom is -0.300 e. The molecule has 3 nitrogen and oxygen atoms in total. The molecule has 2 aliphatic carbocycles. The van der Waals surface area contributed by atoms with E-state index < -0.39 is 5.92 Å². The third-order valence-corrected chi connectivity index (χ3v) is 6.65. The van der Waals surface area contributed by atoms with Crippen LogP contribution in [-0.4, -0.2) is 17.3 Å². The van der Waals surface area contributed by atoms with Crippen molar-refractivity contribution >= 4 is 17.3 Å². The predicted molar refractivity (Wildman–Crippen MR) is 128 cm³/mol. The minimum absolute atomic E-state index is 0.0143. The van der Waals surface area contributed by atoms with Gasteiger partial charge in [-0.05, 0) is 75.9 Å². The molecule has 1 fully saturated rings. The van der Waals surface area contributed by atoms with Crippen LogP contribution in [0.3, 0.4) is 0 Å². The van der Waals surface area contributed by atoms with Gasteiger partial charge < -0.3 is 0 Å². The first-order valence-corrected chi connectivity index (χ1v) is 11.7. The van der Waals surface area contributed by atoms with E-state index in [0.717, 1.165) is 48.8 Å². The Kier molecular flexibility index (Phi) is 8.19. The molecule has 0 spiro atoms. The van der Waals surface area contributed by atoms with Crippen LogP contribution in [0, 0.1) is 17.3 Å². The molecular weight excluding hydrogens is 384 g/mol. The summed E-state index contributed by atoms with van der Waals surface area (Å²) in [6.07, 6.45) is 8.35. The van der Waals surface area contributed by atoms with E-state index in [9.17, 15) is 14.4 Å². The number of carbonyl (C=O) groups is 3. The fourth-order valence-corrected chi connectivity index (χ4v) is 5.35. The molecule has 1 saturated carbocycles. The summed E-state index contributed by atoms with van der Waals surface area (Å²) in [5, 5.41) is 0. The monoisotopic (exact) mass is 424 g/mol. The molecule has 2 atom stereocenters. The van der Waals surface area contributed by atoms with Gasteiger partial charge in [0.05, 0.1) is 12.3 Å². The van der Waals surface area contributed by atoms with Gasteiger partial charge in [-0.25, -0.2) is 0 Å². The summed E-state index contributed by atoms with van der Waals surface area (Å²) in [5.74, 6) is -1.12. The first kappa shape index (κ1) is 25.2. The van der Waals surface area contributed by atoms with Crippen molar-refractivity contribution in [3.05, 3.63) is 45.6 Å². The van der Waals surface area contributed by atoms with Gasteiger partial charge in [0.2, 0.25) is 0 Å². The topological polar surface area (TPSA) is 51.2 Å². The third kappa shape index (κ3) is 5.81. The van der Waals surface area contributed by atoms with Crippen molar-refractivity contribution in [1.82, 2.24) is 0 Å². The van der Waals surface area contributed by atoms with Gasteiger partial charge in [-0.2, -0.15) is 0 Å². The van der Waals surface area contributed by atoms with Crippen molar-refractivity contribution in [2.75, 3.05) is 0 Å². The number of hydrogen-bond donors (Lipinski definition) is 0. The van der Waals surface area contributed by atoms with Crippen LogP contribution in [0.25, 0.3) is 0 Å². The molecule has 0 radical (unpaired) electrons. The summed E-state index contributed by atoms with van der Waals surface area (Å²) >= 11 is 0. The lowest BCUT2D eigenvalue weighted by Crippen LogP contribution is -2.39. The maximum Gasteiger partial charge on any atom is 0.173 e. The zero-order valence-electron chi connectivity index (χ0n) is 20.8. The zero-order chi connectivity index (χ0) is 23.5. The third-order valence-electron chi connectivity index (χ3n) is 6.65. The molecule has 0 heterocycles. The lowest BCUT2D eigenvalue weighted by Gasteiger charge is -2.35. The number of hydrogen-bond acceptors (Lipinski definition) is 3. The number of carbonyl (C=O) groups excluding carboxylic acids is 3. The van der Waals surface area contributed by atoms with Gasteiger partial charge >= 0.3 is 0 Å². The highest BCUT2D eigenvalue weighted by molar-refractivity contribution is 6.17. The molecule has 0 saturated heterocycles. The second-order valence-corrected chi connectivity index (χ2v) is 10.6. The maximum absolute atomic E-state index is 13.8. The Balaban J connectivity index is 2.65. The van der Waals surface area contributed by atoms with Crippen LogP contribution in [0.2, 0.25) is 0 Å². The summed E-state index contributed by atoms with van der Waals surface area (Å²) < 4.78 is 0. The molecule has 2 rings (SSSR count). The molecule has 0 bridgehead atoms. The smallest absolute Gasteiger partial charge is 0.173 e. The van der Waals surface area contributed by atoms with Gasteiger partial charge in [0.15, 0.2) is 11.6 Å². The summed E-state index contributed by atoms with van der Waals surface area (Å²) in [7, 11) is 0. The Morgan fingerprint density at radius 1 is 1.06 bits per heavy atom. The standard InChI is InChI=1S/C28H40O3/c1-9-11-21-16-22-17(2)12-10-13-23(28(6,7)8)18(3)14-19(4)25(22)27(31)26(21)24(30)15-20(5)29/h10,13,21,26H,9,11-12,14-16H2,1-8H3/b13-10-,22-17?,23-18+,25-19?. The minimum atomic E-state index is -0.685. The molecule has 3 heteroatoms. The zero-order valence-corrected chi connectivity index (χ0v) is 20.8. The molecule has 2 aliphatic rings. The van der Waals surface area contributed by atoms with Gasteiger partial charge in [0, 0.05) is 5.57 Å². The fourth-order valence-electron chi connectivity index (χ4n) is 5.35. The molecule has 0 aromatic carbocycles. The van der Waals surface area contributed by atoms with Crippen molar-refractivity contribution in [2.45, 2.75) is 93.9 Å². The molecule has 0 aromatic rings. The Labute approximate surface area is 188 Å². The Morgan fingerprint density at radius 3 is 2.26 bits per heavy atom. The van der Waals surface area contributed by atoms with Gasteiger partial charge in [-0.3, -0.25) is 14.4 Å². The number of fused-ring (bicyclic) bond motifs is 1. The van der Waals surface area contributed by atoms with Crippen molar-refractivity contribution in [3.63, 3.8) is 0 Å². The molecule has 0 aromatic heterocycles. The van der Waals surface area contributed by atoms with Gasteiger partial charge in [-0.1, -0.05) is 63.0 Å². The van der Waals surface area contributed by atoms with Crippen LogP contribution in [0.1, 0.15) is 93.9 Å². The SMILES string of the molecule is CCCC1CC2=C(C)C/C=C\C(C(C)(C)C)=C(\C)CC(C)=C2C(=O)C1C(=O)CC(C)=O. The quantitative estimate of drug-likeness (QED) is 0.452. The van der Waals surface area contributed by atoms with E-state index in [1.54, 1.807) is 0 Å². The van der Waals surface area contributed by atoms with Crippen molar-refractivity contribution in [1.29, 1.82) is 0 Å². The molecule has 170 valence electrons. The lowest BCUT2D eigenvalue weighted by molar-refractivity contribution is -0.135. The van der Waals surface area contributed by atoms with Gasteiger partial charge in [-0.15, -0.1) is 0 Å². The van der Waals surface area contributed by atoms with E-state index >= 15 is 0 Å². The van der Waals surface area contributed by atoms with E-state index in [2.05, 4.69) is 53.7 Å². The van der Waals surface area contributed by atoms with E-state index in [4.69, 9.17) is 0 Å². The fraction of sp³-hybridized carbons (Fsp3) is 0.607. The van der Waals surface area contributed by atoms with E-state index in [1.165, 1.54) is 23.6 Å². The van der Waals surface area contributed by atoms with Crippen LogP contribution >= 0.6 is 0 Å². The van der Waals surface area contributed by atoms with E-state index in [0.29, 0.717) is 0 Å². The first-order chi connectivity index (χ1) is 14.4. The summed E-state index contributed by atoms with van der Waals surface area (Å²) in [5.41, 5.74) is 6.74. The summed E-state index contributed by atoms with van der Waals surface area (Å²) in [6.45, 7) is 16.5. The molecule has 0 aliphatic heterocycles. The largest absolute Gasteiger partial charge is 0.300 e. The number of Topliss-reactive ketones (excluding diaryl/α,β-unsaturated/α-hetero) is 3. The van der Waals surface area contributed by atoms with Crippen LogP contribution in [0.4, 0.5) is 0 Å². The average Bonchev–Trinajstić information content (AvgIpc) is 2.62. The van der Waals surface area contributed by atoms with Crippen molar-refractivity contribution < 1.29 is 14.4 Å². The highest BCUT2D eigenvalue weighted by atomic mass is 16.2. The van der Waals surface area contributed by atoms with Crippen LogP contribution in [-0.2, 0) is 14.4 Å². The Morgan fingerprint density at radius 2 is 1.71 bits per heavy atom. The predicted octanol–water partition coefficient (Wildman–Crippen LogP) is 6.89. The highest BCUT2D eigenvalue weighted by Crippen LogP contribution is 2.43. The number of rotatable bonds is 5. The molecule has 31 heavy (non-hydrogen) atoms. The average molecular weight is 425 g/mol. The lowest BCUT2D eigenvalue weighted by atomic mass is 9.66. The van der Waals surface area contributed by atoms with Gasteiger partial charge in [0.1, 0.15) is 5.78 Å².